The van der Waals surface area contributed by atoms with Crippen LogP contribution in [0.3, 0.4) is 0 Å². The number of nitrogens with one attached hydrogen (secondary N) is 3. The number of ketones is 1. The summed E-state index contributed by atoms with van der Waals surface area (Å²) in [5.41, 5.74) is 0.879. The molecule has 2 atom stereocenters. The number of carbonyl (C=O) groups excluding carboxylic acids is 4. The highest BCUT2D eigenvalue weighted by Crippen LogP contribution is 2.13. The molecule has 166 valence electrons. The average molecular weight is 427 g/mol. The van der Waals surface area contributed by atoms with Crippen molar-refractivity contribution in [1.29, 1.82) is 0 Å². The molecule has 0 radical (unpaired) electrons. The van der Waals surface area contributed by atoms with Crippen LogP contribution in [0.15, 0.2) is 36.4 Å². The van der Waals surface area contributed by atoms with Crippen molar-refractivity contribution in [2.24, 2.45) is 5.92 Å². The van der Waals surface area contributed by atoms with Crippen molar-refractivity contribution in [3.63, 3.8) is 0 Å². The van der Waals surface area contributed by atoms with E-state index in [2.05, 4.69) is 20.9 Å². The Morgan fingerprint density at radius 1 is 0.935 bits per heavy atom. The van der Waals surface area contributed by atoms with E-state index in [0.29, 0.717) is 18.5 Å². The fraction of sp³-hybridized carbons (Fsp3) is 0.435. The highest BCUT2D eigenvalue weighted by molar-refractivity contribution is 6.38. The number of hydrogen-bond donors (Lipinski definition) is 3. The molecule has 0 aliphatic carbocycles. The van der Waals surface area contributed by atoms with E-state index in [-0.39, 0.29) is 18.0 Å². The molecule has 0 saturated carbocycles. The van der Waals surface area contributed by atoms with Crippen LogP contribution >= 0.6 is 0 Å². The molecule has 2 aromatic rings. The summed E-state index contributed by atoms with van der Waals surface area (Å²) in [5.74, 6) is -2.32. The monoisotopic (exact) mass is 426 g/mol. The maximum atomic E-state index is 12.9. The lowest BCUT2D eigenvalue weighted by molar-refractivity contribution is -0.140. The second kappa shape index (κ2) is 11.2. The first-order chi connectivity index (χ1) is 14.8. The van der Waals surface area contributed by atoms with Crippen LogP contribution in [0.25, 0.3) is 10.9 Å². The molecule has 0 aliphatic heterocycles. The van der Waals surface area contributed by atoms with Gasteiger partial charge in [0, 0.05) is 11.9 Å². The topological polar surface area (TPSA) is 117 Å². The van der Waals surface area contributed by atoms with Crippen molar-refractivity contribution in [3.8, 4) is 0 Å². The van der Waals surface area contributed by atoms with Crippen molar-refractivity contribution in [2.75, 3.05) is 6.54 Å². The number of Topliss-reactive ketones (excluding diaryl/α,β-unsaturated/α-hetero) is 1. The van der Waals surface area contributed by atoms with Crippen LogP contribution in [-0.2, 0) is 14.4 Å². The Morgan fingerprint density at radius 3 is 2.29 bits per heavy atom. The zero-order chi connectivity index (χ0) is 23.0. The molecule has 1 unspecified atom stereocenters. The summed E-state index contributed by atoms with van der Waals surface area (Å²) >= 11 is 0. The molecule has 3 amide bonds. The Bertz CT molecular complexity index is 957. The summed E-state index contributed by atoms with van der Waals surface area (Å²) in [6, 6.07) is 9.02. The Morgan fingerprint density at radius 2 is 1.65 bits per heavy atom. The predicted octanol–water partition coefficient (Wildman–Crippen LogP) is 1.98. The molecule has 0 fully saturated rings. The molecular formula is C23H30N4O4. The lowest BCUT2D eigenvalue weighted by Gasteiger charge is -2.23. The van der Waals surface area contributed by atoms with Crippen molar-refractivity contribution in [3.05, 3.63) is 42.1 Å². The van der Waals surface area contributed by atoms with Gasteiger partial charge in [0.1, 0.15) is 11.7 Å². The Balaban J connectivity index is 2.15. The summed E-state index contributed by atoms with van der Waals surface area (Å²) in [5, 5.41) is 8.69. The standard InChI is InChI=1S/C23H30N4O4/c1-5-16(20(28)23(31)24-6-2)26-22(30)19(13-14(3)4)27-21(29)18-12-11-15-9-7-8-10-17(15)25-18/h7-12,14,16,19H,5-6,13H2,1-4H3,(H,24,31)(H,26,30)(H,27,29)/t16?,19-/m0/s1. The number of fused-ring (bicyclic) bond motifs is 1. The molecule has 1 heterocycles. The van der Waals surface area contributed by atoms with Gasteiger partial charge in [-0.15, -0.1) is 0 Å². The molecule has 1 aromatic carbocycles. The molecule has 31 heavy (non-hydrogen) atoms. The number of aromatic nitrogens is 1. The smallest absolute Gasteiger partial charge is 0.289 e. The molecule has 0 bridgehead atoms. The van der Waals surface area contributed by atoms with Gasteiger partial charge >= 0.3 is 0 Å². The molecule has 8 nitrogen and oxygen atoms in total. The molecule has 0 spiro atoms. The van der Waals surface area contributed by atoms with Gasteiger partial charge in [0.25, 0.3) is 11.8 Å². The summed E-state index contributed by atoms with van der Waals surface area (Å²) in [6.45, 7) is 7.59. The first-order valence-electron chi connectivity index (χ1n) is 10.6. The fourth-order valence-electron chi connectivity index (χ4n) is 3.16. The van der Waals surface area contributed by atoms with Gasteiger partial charge in [0.15, 0.2) is 0 Å². The second-order valence-corrected chi connectivity index (χ2v) is 7.74. The molecule has 1 aromatic heterocycles. The first-order valence-corrected chi connectivity index (χ1v) is 10.6. The van der Waals surface area contributed by atoms with E-state index in [1.165, 1.54) is 0 Å². The number of pyridine rings is 1. The van der Waals surface area contributed by atoms with Crippen LogP contribution in [0.2, 0.25) is 0 Å². The third-order valence-electron chi connectivity index (χ3n) is 4.76. The Labute approximate surface area is 182 Å². The molecule has 0 aliphatic rings. The first kappa shape index (κ1) is 24.0. The Kier molecular flexibility index (Phi) is 8.66. The average Bonchev–Trinajstić information content (AvgIpc) is 2.75. The number of para-hydroxylation sites is 1. The minimum absolute atomic E-state index is 0.111. The largest absolute Gasteiger partial charge is 0.350 e. The minimum Gasteiger partial charge on any atom is -0.350 e. The molecule has 3 N–H and O–H groups in total. The van der Waals surface area contributed by atoms with E-state index in [4.69, 9.17) is 0 Å². The zero-order valence-electron chi connectivity index (χ0n) is 18.4. The van der Waals surface area contributed by atoms with Gasteiger partial charge in [-0.05, 0) is 37.8 Å². The number of nitrogens with zero attached hydrogens (tertiary/aromatic N) is 1. The molecule has 8 heteroatoms. The van der Waals surface area contributed by atoms with Gasteiger partial charge in [-0.3, -0.25) is 19.2 Å². The van der Waals surface area contributed by atoms with Crippen LogP contribution in [0.5, 0.6) is 0 Å². The van der Waals surface area contributed by atoms with Crippen molar-refractivity contribution >= 4 is 34.4 Å². The minimum atomic E-state index is -0.954. The number of carbonyl (C=O) groups is 4. The normalized spacial score (nSPS) is 12.8. The maximum Gasteiger partial charge on any atom is 0.289 e. The van der Waals surface area contributed by atoms with Gasteiger partial charge in [0.2, 0.25) is 11.7 Å². The van der Waals surface area contributed by atoms with Crippen molar-refractivity contribution < 1.29 is 19.2 Å². The number of amides is 3. The lowest BCUT2D eigenvalue weighted by Crippen LogP contribution is -2.54. The van der Waals surface area contributed by atoms with E-state index in [0.717, 1.165) is 5.39 Å². The van der Waals surface area contributed by atoms with E-state index in [1.54, 1.807) is 26.0 Å². The molecular weight excluding hydrogens is 396 g/mol. The van der Waals surface area contributed by atoms with E-state index >= 15 is 0 Å². The maximum absolute atomic E-state index is 12.9. The summed E-state index contributed by atoms with van der Waals surface area (Å²) in [7, 11) is 0. The van der Waals surface area contributed by atoms with E-state index < -0.39 is 35.6 Å². The third kappa shape index (κ3) is 6.60. The van der Waals surface area contributed by atoms with Crippen LogP contribution < -0.4 is 16.0 Å². The summed E-state index contributed by atoms with van der Waals surface area (Å²) in [6.07, 6.45) is 0.632. The zero-order valence-corrected chi connectivity index (χ0v) is 18.4. The number of likely N-dealkylation sites (N-methyl/N-ethyl adjacent to an activating group) is 1. The predicted molar refractivity (Wildman–Crippen MR) is 118 cm³/mol. The van der Waals surface area contributed by atoms with Gasteiger partial charge < -0.3 is 16.0 Å². The van der Waals surface area contributed by atoms with Crippen molar-refractivity contribution in [1.82, 2.24) is 20.9 Å². The number of rotatable bonds is 10. The van der Waals surface area contributed by atoms with Crippen LogP contribution in [0.1, 0.15) is 51.0 Å². The Hall–Kier alpha value is -3.29. The van der Waals surface area contributed by atoms with E-state index in [1.807, 2.05) is 38.1 Å². The second-order valence-electron chi connectivity index (χ2n) is 7.74. The molecule has 0 saturated heterocycles. The molecule has 2 rings (SSSR count). The van der Waals surface area contributed by atoms with Gasteiger partial charge in [-0.25, -0.2) is 4.98 Å². The van der Waals surface area contributed by atoms with Gasteiger partial charge in [-0.2, -0.15) is 0 Å². The lowest BCUT2D eigenvalue weighted by atomic mass is 10.0. The van der Waals surface area contributed by atoms with Crippen LogP contribution in [0.4, 0.5) is 0 Å². The SMILES string of the molecule is CCNC(=O)C(=O)C(CC)NC(=O)[C@H](CC(C)C)NC(=O)c1ccc2ccccc2n1. The van der Waals surface area contributed by atoms with Crippen LogP contribution in [-0.4, -0.2) is 47.1 Å². The van der Waals surface area contributed by atoms with E-state index in [9.17, 15) is 19.2 Å². The number of hydrogen-bond acceptors (Lipinski definition) is 5. The summed E-state index contributed by atoms with van der Waals surface area (Å²) < 4.78 is 0. The van der Waals surface area contributed by atoms with Gasteiger partial charge in [0.05, 0.1) is 11.6 Å². The highest BCUT2D eigenvalue weighted by Gasteiger charge is 2.29. The van der Waals surface area contributed by atoms with Crippen LogP contribution in [0, 0.1) is 5.92 Å². The third-order valence-corrected chi connectivity index (χ3v) is 4.76. The number of benzene rings is 1. The summed E-state index contributed by atoms with van der Waals surface area (Å²) in [4.78, 5) is 54.2. The quantitative estimate of drug-likeness (QED) is 0.502. The van der Waals surface area contributed by atoms with Gasteiger partial charge in [-0.1, -0.05) is 45.0 Å². The fourth-order valence-corrected chi connectivity index (χ4v) is 3.16. The van der Waals surface area contributed by atoms with Crippen molar-refractivity contribution in [2.45, 2.75) is 52.6 Å². The highest BCUT2D eigenvalue weighted by atomic mass is 16.2.